The van der Waals surface area contributed by atoms with Crippen LogP contribution in [0.4, 0.5) is 0 Å². The fourth-order valence-electron chi connectivity index (χ4n) is 2.53. The second-order valence-electron chi connectivity index (χ2n) is 6.20. The van der Waals surface area contributed by atoms with Crippen LogP contribution in [-0.2, 0) is 0 Å². The maximum Gasteiger partial charge on any atom is -0.0297 e. The van der Waals surface area contributed by atoms with Gasteiger partial charge in [0.05, 0.1) is 0 Å². The summed E-state index contributed by atoms with van der Waals surface area (Å²) in [5.41, 5.74) is 1.42. The lowest BCUT2D eigenvalue weighted by molar-refractivity contribution is 0.363. The third-order valence-corrected chi connectivity index (χ3v) is 4.03. The van der Waals surface area contributed by atoms with Crippen molar-refractivity contribution in [1.29, 1.82) is 0 Å². The molecule has 0 bridgehead atoms. The van der Waals surface area contributed by atoms with Gasteiger partial charge < -0.3 is 0 Å². The Morgan fingerprint density at radius 1 is 0.941 bits per heavy atom. The van der Waals surface area contributed by atoms with Gasteiger partial charge in [-0.2, -0.15) is 0 Å². The van der Waals surface area contributed by atoms with Crippen LogP contribution in [0.2, 0.25) is 0 Å². The normalized spacial score (nSPS) is 16.5. The van der Waals surface area contributed by atoms with Gasteiger partial charge in [0.2, 0.25) is 0 Å². The second kappa shape index (κ2) is 9.74. The van der Waals surface area contributed by atoms with Crippen LogP contribution in [0.5, 0.6) is 0 Å². The molecule has 0 heteroatoms. The van der Waals surface area contributed by atoms with Crippen LogP contribution in [0, 0.1) is 17.8 Å². The minimum Gasteiger partial charge on any atom is -0.0999 e. The summed E-state index contributed by atoms with van der Waals surface area (Å²) in [5, 5.41) is 0. The first kappa shape index (κ1) is 16.7. The Balaban J connectivity index is 3.58. The topological polar surface area (TPSA) is 0 Å². The van der Waals surface area contributed by atoms with E-state index in [1.807, 2.05) is 0 Å². The van der Waals surface area contributed by atoms with Crippen molar-refractivity contribution in [2.45, 2.75) is 79.6 Å². The van der Waals surface area contributed by atoms with Crippen molar-refractivity contribution >= 4 is 0 Å². The van der Waals surface area contributed by atoms with E-state index in [1.54, 1.807) is 0 Å². The molecule has 0 saturated heterocycles. The minimum absolute atomic E-state index is 0.832. The van der Waals surface area contributed by atoms with E-state index >= 15 is 0 Å². The molecule has 0 nitrogen and oxygen atoms in total. The molecule has 0 aliphatic carbocycles. The number of hydrogen-bond donors (Lipinski definition) is 0. The Morgan fingerprint density at radius 3 is 2.06 bits per heavy atom. The largest absolute Gasteiger partial charge is 0.0999 e. The molecular formula is C17H34. The molecule has 0 amide bonds. The molecule has 0 aliphatic rings. The lowest BCUT2D eigenvalue weighted by atomic mass is 9.89. The highest BCUT2D eigenvalue weighted by Crippen LogP contribution is 2.23. The molecule has 102 valence electrons. The summed E-state index contributed by atoms with van der Waals surface area (Å²) in [7, 11) is 0. The number of rotatable bonds is 10. The van der Waals surface area contributed by atoms with E-state index in [-0.39, 0.29) is 0 Å². The fourth-order valence-corrected chi connectivity index (χ4v) is 2.53. The van der Waals surface area contributed by atoms with Gasteiger partial charge >= 0.3 is 0 Å². The molecule has 0 aliphatic heterocycles. The van der Waals surface area contributed by atoms with E-state index in [4.69, 9.17) is 0 Å². The molecule has 0 fully saturated rings. The predicted molar refractivity (Wildman–Crippen MR) is 80.3 cm³/mol. The van der Waals surface area contributed by atoms with Crippen molar-refractivity contribution in [3.63, 3.8) is 0 Å². The summed E-state index contributed by atoms with van der Waals surface area (Å²) < 4.78 is 0. The molecular weight excluding hydrogens is 204 g/mol. The Kier molecular flexibility index (Phi) is 9.59. The van der Waals surface area contributed by atoms with E-state index in [2.05, 4.69) is 41.2 Å². The highest BCUT2D eigenvalue weighted by molar-refractivity contribution is 4.93. The Labute approximate surface area is 110 Å². The van der Waals surface area contributed by atoms with E-state index in [1.165, 1.54) is 44.1 Å². The smallest absolute Gasteiger partial charge is 0.0297 e. The molecule has 0 N–H and O–H groups in total. The predicted octanol–water partition coefficient (Wildman–Crippen LogP) is 6.22. The first-order valence-electron chi connectivity index (χ1n) is 7.66. The summed E-state index contributed by atoms with van der Waals surface area (Å²) in [6.07, 6.45) is 9.31. The van der Waals surface area contributed by atoms with Crippen molar-refractivity contribution in [1.82, 2.24) is 0 Å². The van der Waals surface area contributed by atoms with Gasteiger partial charge in [-0.1, -0.05) is 72.5 Å². The lowest BCUT2D eigenvalue weighted by Crippen LogP contribution is -2.04. The molecule has 0 aromatic heterocycles. The molecule has 0 rings (SSSR count). The van der Waals surface area contributed by atoms with Gasteiger partial charge in [0, 0.05) is 0 Å². The van der Waals surface area contributed by atoms with E-state index in [0.717, 1.165) is 24.2 Å². The molecule has 0 spiro atoms. The molecule has 0 radical (unpaired) electrons. The summed E-state index contributed by atoms with van der Waals surface area (Å²) in [6.45, 7) is 15.8. The monoisotopic (exact) mass is 238 g/mol. The highest BCUT2D eigenvalue weighted by atomic mass is 14.1. The third kappa shape index (κ3) is 9.44. The first-order chi connectivity index (χ1) is 7.99. The summed E-state index contributed by atoms with van der Waals surface area (Å²) in [5.74, 6) is 2.65. The molecule has 0 heterocycles. The van der Waals surface area contributed by atoms with Gasteiger partial charge in [-0.25, -0.2) is 0 Å². The Bertz CT molecular complexity index is 192. The van der Waals surface area contributed by atoms with Gasteiger partial charge in [-0.15, -0.1) is 0 Å². The van der Waals surface area contributed by atoms with Crippen LogP contribution in [0.1, 0.15) is 79.6 Å². The van der Waals surface area contributed by atoms with E-state index in [0.29, 0.717) is 0 Å². The van der Waals surface area contributed by atoms with Crippen LogP contribution in [0.25, 0.3) is 0 Å². The van der Waals surface area contributed by atoms with Gasteiger partial charge in [0.1, 0.15) is 0 Å². The van der Waals surface area contributed by atoms with Crippen molar-refractivity contribution in [2.75, 3.05) is 0 Å². The molecule has 0 aromatic carbocycles. The average molecular weight is 238 g/mol. The average Bonchev–Trinajstić information content (AvgIpc) is 2.28. The minimum atomic E-state index is 0.832. The third-order valence-electron chi connectivity index (χ3n) is 4.03. The zero-order valence-electron chi connectivity index (χ0n) is 12.9. The zero-order chi connectivity index (χ0) is 13.3. The number of hydrogen-bond acceptors (Lipinski definition) is 0. The zero-order valence-corrected chi connectivity index (χ0v) is 12.9. The molecule has 3 unspecified atom stereocenters. The van der Waals surface area contributed by atoms with Gasteiger partial charge in [0.15, 0.2) is 0 Å². The Hall–Kier alpha value is -0.260. The van der Waals surface area contributed by atoms with Crippen LogP contribution < -0.4 is 0 Å². The lowest BCUT2D eigenvalue weighted by Gasteiger charge is -2.17. The van der Waals surface area contributed by atoms with Crippen LogP contribution in [0.15, 0.2) is 12.2 Å². The standard InChI is InChI=1S/C17H34/c1-7-14(3)12-16(5)10-9-11-17(6)13-15(4)8-2/h15-17H,3,7-13H2,1-2,4-6H3. The second-order valence-corrected chi connectivity index (χ2v) is 6.20. The molecule has 17 heavy (non-hydrogen) atoms. The molecule has 3 atom stereocenters. The maximum atomic E-state index is 4.11. The van der Waals surface area contributed by atoms with Crippen LogP contribution in [0.3, 0.4) is 0 Å². The van der Waals surface area contributed by atoms with Gasteiger partial charge in [0.25, 0.3) is 0 Å². The fraction of sp³-hybridized carbons (Fsp3) is 0.882. The Morgan fingerprint density at radius 2 is 1.53 bits per heavy atom. The van der Waals surface area contributed by atoms with Gasteiger partial charge in [-0.3, -0.25) is 0 Å². The molecule has 0 saturated carbocycles. The SMILES string of the molecule is C=C(CC)CC(C)CCCC(C)CC(C)CC. The van der Waals surface area contributed by atoms with Crippen molar-refractivity contribution < 1.29 is 0 Å². The summed E-state index contributed by atoms with van der Waals surface area (Å²) in [6, 6.07) is 0. The first-order valence-corrected chi connectivity index (χ1v) is 7.66. The highest BCUT2D eigenvalue weighted by Gasteiger charge is 2.09. The summed E-state index contributed by atoms with van der Waals surface area (Å²) in [4.78, 5) is 0. The van der Waals surface area contributed by atoms with E-state index < -0.39 is 0 Å². The quantitative estimate of drug-likeness (QED) is 0.396. The van der Waals surface area contributed by atoms with Crippen LogP contribution >= 0.6 is 0 Å². The maximum absolute atomic E-state index is 4.11. The van der Waals surface area contributed by atoms with Crippen LogP contribution in [-0.4, -0.2) is 0 Å². The molecule has 0 aromatic rings. The van der Waals surface area contributed by atoms with Crippen molar-refractivity contribution in [2.24, 2.45) is 17.8 Å². The van der Waals surface area contributed by atoms with E-state index in [9.17, 15) is 0 Å². The summed E-state index contributed by atoms with van der Waals surface area (Å²) >= 11 is 0. The van der Waals surface area contributed by atoms with Gasteiger partial charge in [-0.05, 0) is 37.0 Å². The number of allylic oxidation sites excluding steroid dienone is 1. The van der Waals surface area contributed by atoms with Crippen molar-refractivity contribution in [3.05, 3.63) is 12.2 Å². The van der Waals surface area contributed by atoms with Crippen molar-refractivity contribution in [3.8, 4) is 0 Å².